The SMILES string of the molecule is O=C(O)c1cc(SCc2cncs2)ccc1F. The van der Waals surface area contributed by atoms with Gasteiger partial charge in [0.1, 0.15) is 5.82 Å². The molecule has 1 aromatic carbocycles. The summed E-state index contributed by atoms with van der Waals surface area (Å²) < 4.78 is 13.1. The molecule has 0 saturated heterocycles. The van der Waals surface area contributed by atoms with Gasteiger partial charge in [0.25, 0.3) is 0 Å². The Morgan fingerprint density at radius 3 is 3.00 bits per heavy atom. The van der Waals surface area contributed by atoms with E-state index in [1.807, 2.05) is 0 Å². The van der Waals surface area contributed by atoms with Crippen LogP contribution >= 0.6 is 23.1 Å². The van der Waals surface area contributed by atoms with Gasteiger partial charge in [-0.05, 0) is 18.2 Å². The Balaban J connectivity index is 2.11. The van der Waals surface area contributed by atoms with Crippen LogP contribution in [0.25, 0.3) is 0 Å². The lowest BCUT2D eigenvalue weighted by molar-refractivity contribution is 0.0691. The van der Waals surface area contributed by atoms with Gasteiger partial charge in [0.15, 0.2) is 0 Å². The predicted octanol–water partition coefficient (Wildman–Crippen LogP) is 3.27. The predicted molar refractivity (Wildman–Crippen MR) is 65.0 cm³/mol. The van der Waals surface area contributed by atoms with Gasteiger partial charge in [-0.3, -0.25) is 4.98 Å². The molecular weight excluding hydrogens is 261 g/mol. The molecule has 0 saturated carbocycles. The molecule has 2 aromatic rings. The first-order chi connectivity index (χ1) is 8.16. The molecule has 88 valence electrons. The summed E-state index contributed by atoms with van der Waals surface area (Å²) in [5.74, 6) is -1.25. The molecule has 0 radical (unpaired) electrons. The van der Waals surface area contributed by atoms with Crippen LogP contribution in [-0.4, -0.2) is 16.1 Å². The van der Waals surface area contributed by atoms with Gasteiger partial charge in [0.05, 0.1) is 11.1 Å². The van der Waals surface area contributed by atoms with E-state index < -0.39 is 11.8 Å². The van der Waals surface area contributed by atoms with Crippen LogP contribution in [0.5, 0.6) is 0 Å². The van der Waals surface area contributed by atoms with Gasteiger partial charge in [-0.15, -0.1) is 23.1 Å². The molecule has 3 nitrogen and oxygen atoms in total. The maximum Gasteiger partial charge on any atom is 0.338 e. The maximum atomic E-state index is 13.1. The molecule has 2 rings (SSSR count). The average molecular weight is 269 g/mol. The summed E-state index contributed by atoms with van der Waals surface area (Å²) in [6.07, 6.45) is 1.76. The zero-order valence-corrected chi connectivity index (χ0v) is 10.2. The van der Waals surface area contributed by atoms with Gasteiger partial charge in [0, 0.05) is 21.7 Å². The smallest absolute Gasteiger partial charge is 0.338 e. The average Bonchev–Trinajstić information content (AvgIpc) is 2.80. The zero-order valence-electron chi connectivity index (χ0n) is 8.59. The molecule has 1 aromatic heterocycles. The van der Waals surface area contributed by atoms with Crippen molar-refractivity contribution in [2.24, 2.45) is 0 Å². The number of aromatic nitrogens is 1. The third-order valence-corrected chi connectivity index (χ3v) is 4.04. The minimum atomic E-state index is -1.25. The molecule has 1 N–H and O–H groups in total. The van der Waals surface area contributed by atoms with E-state index in [1.165, 1.54) is 35.2 Å². The number of benzene rings is 1. The fourth-order valence-electron chi connectivity index (χ4n) is 1.23. The molecule has 0 aliphatic heterocycles. The number of aromatic carboxylic acids is 1. The van der Waals surface area contributed by atoms with Gasteiger partial charge in [0.2, 0.25) is 0 Å². The number of rotatable bonds is 4. The number of hydrogen-bond donors (Lipinski definition) is 1. The Bertz CT molecular complexity index is 528. The third-order valence-electron chi connectivity index (χ3n) is 2.03. The molecular formula is C11H8FNO2S2. The number of carboxylic acid groups (broad SMARTS) is 1. The van der Waals surface area contributed by atoms with Crippen LogP contribution in [0.15, 0.2) is 34.8 Å². The quantitative estimate of drug-likeness (QED) is 0.865. The van der Waals surface area contributed by atoms with Crippen molar-refractivity contribution in [3.05, 3.63) is 46.2 Å². The summed E-state index contributed by atoms with van der Waals surface area (Å²) in [6, 6.07) is 4.11. The molecule has 0 aliphatic carbocycles. The molecule has 0 atom stereocenters. The molecule has 0 spiro atoms. The van der Waals surface area contributed by atoms with E-state index in [9.17, 15) is 9.18 Å². The molecule has 0 aliphatic rings. The van der Waals surface area contributed by atoms with E-state index in [-0.39, 0.29) is 5.56 Å². The summed E-state index contributed by atoms with van der Waals surface area (Å²) in [4.78, 5) is 16.5. The van der Waals surface area contributed by atoms with Crippen molar-refractivity contribution in [1.82, 2.24) is 4.98 Å². The van der Waals surface area contributed by atoms with Crippen molar-refractivity contribution >= 4 is 29.1 Å². The fourth-order valence-corrected chi connectivity index (χ4v) is 2.80. The van der Waals surface area contributed by atoms with E-state index in [0.29, 0.717) is 5.75 Å². The molecule has 17 heavy (non-hydrogen) atoms. The largest absolute Gasteiger partial charge is 0.478 e. The lowest BCUT2D eigenvalue weighted by Gasteiger charge is -2.02. The topological polar surface area (TPSA) is 50.2 Å². The van der Waals surface area contributed by atoms with Crippen LogP contribution in [0.4, 0.5) is 4.39 Å². The number of carboxylic acids is 1. The summed E-state index contributed by atoms with van der Waals surface area (Å²) in [5.41, 5.74) is 1.45. The van der Waals surface area contributed by atoms with E-state index in [0.717, 1.165) is 9.77 Å². The highest BCUT2D eigenvalue weighted by atomic mass is 32.2. The van der Waals surface area contributed by atoms with Crippen LogP contribution in [0.1, 0.15) is 15.2 Å². The summed E-state index contributed by atoms with van der Waals surface area (Å²) in [7, 11) is 0. The summed E-state index contributed by atoms with van der Waals surface area (Å²) >= 11 is 2.99. The highest BCUT2D eigenvalue weighted by Crippen LogP contribution is 2.26. The fraction of sp³-hybridized carbons (Fsp3) is 0.0909. The van der Waals surface area contributed by atoms with Crippen molar-refractivity contribution in [1.29, 1.82) is 0 Å². The first-order valence-electron chi connectivity index (χ1n) is 4.70. The number of nitrogens with zero attached hydrogens (tertiary/aromatic N) is 1. The Labute approximate surface area is 105 Å². The second kappa shape index (κ2) is 5.29. The summed E-state index contributed by atoms with van der Waals surface area (Å²) in [5, 5.41) is 8.79. The van der Waals surface area contributed by atoms with Crippen LogP contribution in [0, 0.1) is 5.82 Å². The van der Waals surface area contributed by atoms with Gasteiger partial charge < -0.3 is 5.11 Å². The Morgan fingerprint density at radius 2 is 2.35 bits per heavy atom. The Morgan fingerprint density at radius 1 is 1.53 bits per heavy atom. The van der Waals surface area contributed by atoms with E-state index >= 15 is 0 Å². The van der Waals surface area contributed by atoms with Crippen LogP contribution in [-0.2, 0) is 5.75 Å². The van der Waals surface area contributed by atoms with Crippen molar-refractivity contribution < 1.29 is 14.3 Å². The highest BCUT2D eigenvalue weighted by molar-refractivity contribution is 7.98. The molecule has 0 amide bonds. The standard InChI is InChI=1S/C11H8FNO2S2/c12-10-2-1-7(3-9(10)11(14)15)16-5-8-4-13-6-17-8/h1-4,6H,5H2,(H,14,15). The number of thioether (sulfide) groups is 1. The Hall–Kier alpha value is -1.40. The monoisotopic (exact) mass is 269 g/mol. The van der Waals surface area contributed by atoms with E-state index in [4.69, 9.17) is 5.11 Å². The number of halogens is 1. The molecule has 6 heteroatoms. The number of thiazole rings is 1. The maximum absolute atomic E-state index is 13.1. The minimum absolute atomic E-state index is 0.292. The van der Waals surface area contributed by atoms with Gasteiger partial charge >= 0.3 is 5.97 Å². The van der Waals surface area contributed by atoms with Gasteiger partial charge in [-0.2, -0.15) is 0 Å². The molecule has 0 unspecified atom stereocenters. The lowest BCUT2D eigenvalue weighted by Crippen LogP contribution is -2.00. The van der Waals surface area contributed by atoms with Gasteiger partial charge in [-0.1, -0.05) is 0 Å². The van der Waals surface area contributed by atoms with Crippen molar-refractivity contribution in [2.75, 3.05) is 0 Å². The molecule has 0 bridgehead atoms. The molecule has 1 heterocycles. The molecule has 0 fully saturated rings. The Kier molecular flexibility index (Phi) is 3.75. The van der Waals surface area contributed by atoms with E-state index in [2.05, 4.69) is 4.98 Å². The first-order valence-corrected chi connectivity index (χ1v) is 6.56. The highest BCUT2D eigenvalue weighted by Gasteiger charge is 2.11. The lowest BCUT2D eigenvalue weighted by atomic mass is 10.2. The van der Waals surface area contributed by atoms with E-state index in [1.54, 1.807) is 17.8 Å². The number of carbonyl (C=O) groups is 1. The normalized spacial score (nSPS) is 10.4. The van der Waals surface area contributed by atoms with Crippen molar-refractivity contribution in [2.45, 2.75) is 10.6 Å². The van der Waals surface area contributed by atoms with Gasteiger partial charge in [-0.25, -0.2) is 9.18 Å². The first kappa shape index (κ1) is 12.1. The van der Waals surface area contributed by atoms with Crippen LogP contribution < -0.4 is 0 Å². The third kappa shape index (κ3) is 3.04. The second-order valence-corrected chi connectivity index (χ2v) is 5.22. The minimum Gasteiger partial charge on any atom is -0.478 e. The number of hydrogen-bond acceptors (Lipinski definition) is 4. The zero-order chi connectivity index (χ0) is 12.3. The van der Waals surface area contributed by atoms with Crippen LogP contribution in [0.2, 0.25) is 0 Å². The second-order valence-electron chi connectivity index (χ2n) is 3.20. The van der Waals surface area contributed by atoms with Crippen molar-refractivity contribution in [3.8, 4) is 0 Å². The van der Waals surface area contributed by atoms with Crippen molar-refractivity contribution in [3.63, 3.8) is 0 Å². The summed E-state index contributed by atoms with van der Waals surface area (Å²) in [6.45, 7) is 0. The van der Waals surface area contributed by atoms with Crippen LogP contribution in [0.3, 0.4) is 0 Å².